The smallest absolute Gasteiger partial charge is 0.232 e. The number of amides is 1. The van der Waals surface area contributed by atoms with E-state index in [-0.39, 0.29) is 12.3 Å². The number of anilines is 1. The fourth-order valence-electron chi connectivity index (χ4n) is 1.35. The number of aryl methyl sites for hydroxylation is 1. The fraction of sp³-hybridized carbons (Fsp3) is 0.182. The molecule has 0 radical (unpaired) electrons. The molecule has 1 N–H and O–H groups in total. The predicted molar refractivity (Wildman–Crippen MR) is 59.8 cm³/mol. The maximum absolute atomic E-state index is 11.6. The van der Waals surface area contributed by atoms with E-state index in [9.17, 15) is 4.79 Å². The summed E-state index contributed by atoms with van der Waals surface area (Å²) in [6, 6.07) is 3.57. The van der Waals surface area contributed by atoms with Crippen molar-refractivity contribution in [3.8, 4) is 0 Å². The van der Waals surface area contributed by atoms with E-state index < -0.39 is 0 Å². The zero-order valence-corrected chi connectivity index (χ0v) is 8.92. The highest BCUT2D eigenvalue weighted by Crippen LogP contribution is 2.04. The van der Waals surface area contributed by atoms with E-state index in [0.29, 0.717) is 5.69 Å². The summed E-state index contributed by atoms with van der Waals surface area (Å²) in [5.41, 5.74) is 0.696. The third-order valence-electron chi connectivity index (χ3n) is 2.18. The minimum absolute atomic E-state index is 0.0951. The number of nitrogens with zero attached hydrogens (tertiary/aromatic N) is 3. The number of aromatic nitrogens is 3. The molecule has 2 rings (SSSR count). The highest BCUT2D eigenvalue weighted by atomic mass is 16.1. The molecule has 5 heteroatoms. The minimum Gasteiger partial charge on any atom is -0.338 e. The molecule has 5 nitrogen and oxygen atoms in total. The van der Waals surface area contributed by atoms with Gasteiger partial charge in [0.1, 0.15) is 5.82 Å². The summed E-state index contributed by atoms with van der Waals surface area (Å²) in [7, 11) is 1.86. The maximum atomic E-state index is 11.6. The highest BCUT2D eigenvalue weighted by Gasteiger charge is 2.07. The van der Waals surface area contributed by atoms with Gasteiger partial charge in [0, 0.05) is 25.6 Å². The SMILES string of the molecule is Cn1ccnc1CC(=O)Nc1cccnc1. The van der Waals surface area contributed by atoms with Crippen molar-refractivity contribution in [1.82, 2.24) is 14.5 Å². The van der Waals surface area contributed by atoms with E-state index in [2.05, 4.69) is 15.3 Å². The van der Waals surface area contributed by atoms with E-state index in [4.69, 9.17) is 0 Å². The third-order valence-corrected chi connectivity index (χ3v) is 2.18. The summed E-state index contributed by atoms with van der Waals surface area (Å²) < 4.78 is 1.82. The molecule has 16 heavy (non-hydrogen) atoms. The molecule has 2 aromatic heterocycles. The second-order valence-electron chi connectivity index (χ2n) is 3.42. The van der Waals surface area contributed by atoms with Gasteiger partial charge in [-0.05, 0) is 12.1 Å². The van der Waals surface area contributed by atoms with Crippen LogP contribution >= 0.6 is 0 Å². The first-order valence-corrected chi connectivity index (χ1v) is 4.92. The first-order valence-electron chi connectivity index (χ1n) is 4.92. The Bertz CT molecular complexity index is 478. The van der Waals surface area contributed by atoms with Crippen LogP contribution in [0.3, 0.4) is 0 Å². The largest absolute Gasteiger partial charge is 0.338 e. The molecule has 0 fully saturated rings. The van der Waals surface area contributed by atoms with Gasteiger partial charge in [-0.1, -0.05) is 0 Å². The van der Waals surface area contributed by atoms with Crippen LogP contribution in [0.2, 0.25) is 0 Å². The van der Waals surface area contributed by atoms with E-state index in [1.165, 1.54) is 0 Å². The monoisotopic (exact) mass is 216 g/mol. The summed E-state index contributed by atoms with van der Waals surface area (Å²) in [5.74, 6) is 0.642. The molecule has 0 saturated heterocycles. The van der Waals surface area contributed by atoms with Gasteiger partial charge in [-0.3, -0.25) is 9.78 Å². The topological polar surface area (TPSA) is 59.8 Å². The molecule has 1 amide bonds. The van der Waals surface area contributed by atoms with Crippen molar-refractivity contribution in [1.29, 1.82) is 0 Å². The molecule has 0 aliphatic carbocycles. The Balaban J connectivity index is 1.98. The summed E-state index contributed by atoms with van der Waals surface area (Å²) in [6.45, 7) is 0. The lowest BCUT2D eigenvalue weighted by atomic mass is 10.3. The lowest BCUT2D eigenvalue weighted by Gasteiger charge is -2.04. The molecule has 0 unspecified atom stereocenters. The van der Waals surface area contributed by atoms with Gasteiger partial charge in [0.2, 0.25) is 5.91 Å². The summed E-state index contributed by atoms with van der Waals surface area (Å²) in [4.78, 5) is 19.6. The van der Waals surface area contributed by atoms with Crippen LogP contribution in [0.25, 0.3) is 0 Å². The van der Waals surface area contributed by atoms with Gasteiger partial charge >= 0.3 is 0 Å². The Hall–Kier alpha value is -2.17. The number of hydrogen-bond donors (Lipinski definition) is 1. The van der Waals surface area contributed by atoms with Gasteiger partial charge in [0.05, 0.1) is 18.3 Å². The Morgan fingerprint density at radius 2 is 2.38 bits per heavy atom. The second kappa shape index (κ2) is 4.57. The number of rotatable bonds is 3. The van der Waals surface area contributed by atoms with Crippen molar-refractivity contribution in [3.05, 3.63) is 42.7 Å². The van der Waals surface area contributed by atoms with Gasteiger partial charge in [-0.15, -0.1) is 0 Å². The van der Waals surface area contributed by atoms with E-state index >= 15 is 0 Å². The Labute approximate surface area is 93.2 Å². The van der Waals surface area contributed by atoms with E-state index in [0.717, 1.165) is 5.82 Å². The van der Waals surface area contributed by atoms with Crippen LogP contribution in [0, 0.1) is 0 Å². The van der Waals surface area contributed by atoms with Crippen LogP contribution in [0.1, 0.15) is 5.82 Å². The van der Waals surface area contributed by atoms with Gasteiger partial charge in [0.15, 0.2) is 0 Å². The normalized spacial score (nSPS) is 10.1. The third kappa shape index (κ3) is 2.44. The molecule has 0 saturated carbocycles. The number of hydrogen-bond acceptors (Lipinski definition) is 3. The number of carbonyl (C=O) groups excluding carboxylic acids is 1. The average Bonchev–Trinajstić information content (AvgIpc) is 2.66. The lowest BCUT2D eigenvalue weighted by molar-refractivity contribution is -0.115. The van der Waals surface area contributed by atoms with Crippen LogP contribution in [-0.4, -0.2) is 20.4 Å². The van der Waals surface area contributed by atoms with Crippen molar-refractivity contribution in [2.24, 2.45) is 7.05 Å². The molecule has 0 aromatic carbocycles. The van der Waals surface area contributed by atoms with Crippen molar-refractivity contribution < 1.29 is 4.79 Å². The first-order chi connectivity index (χ1) is 7.75. The van der Waals surface area contributed by atoms with Crippen LogP contribution in [0.4, 0.5) is 5.69 Å². The number of imidazole rings is 1. The maximum Gasteiger partial charge on any atom is 0.232 e. The van der Waals surface area contributed by atoms with Crippen molar-refractivity contribution >= 4 is 11.6 Å². The molecular formula is C11H12N4O. The molecule has 82 valence electrons. The molecule has 0 aliphatic rings. The van der Waals surface area contributed by atoms with Crippen molar-refractivity contribution in [2.75, 3.05) is 5.32 Å². The summed E-state index contributed by atoms with van der Waals surface area (Å²) in [6.07, 6.45) is 7.02. The molecular weight excluding hydrogens is 204 g/mol. The molecule has 0 bridgehead atoms. The highest BCUT2D eigenvalue weighted by molar-refractivity contribution is 5.91. The minimum atomic E-state index is -0.0951. The molecule has 0 spiro atoms. The number of nitrogens with one attached hydrogen (secondary N) is 1. The van der Waals surface area contributed by atoms with Crippen LogP contribution in [-0.2, 0) is 18.3 Å². The van der Waals surface area contributed by atoms with Crippen molar-refractivity contribution in [2.45, 2.75) is 6.42 Å². The Morgan fingerprint density at radius 1 is 1.50 bits per heavy atom. The van der Waals surface area contributed by atoms with Gasteiger partial charge < -0.3 is 9.88 Å². The van der Waals surface area contributed by atoms with Crippen LogP contribution in [0.5, 0.6) is 0 Å². The van der Waals surface area contributed by atoms with Gasteiger partial charge in [-0.2, -0.15) is 0 Å². The Morgan fingerprint density at radius 3 is 3.00 bits per heavy atom. The fourth-order valence-corrected chi connectivity index (χ4v) is 1.35. The standard InChI is InChI=1S/C11H12N4O/c1-15-6-5-13-10(15)7-11(16)14-9-3-2-4-12-8-9/h2-6,8H,7H2,1H3,(H,14,16). The molecule has 2 heterocycles. The predicted octanol–water partition coefficient (Wildman–Crippen LogP) is 0.996. The lowest BCUT2D eigenvalue weighted by Crippen LogP contribution is -2.16. The summed E-state index contributed by atoms with van der Waals surface area (Å²) in [5, 5.41) is 2.75. The first kappa shape index (κ1) is 10.4. The van der Waals surface area contributed by atoms with Crippen LogP contribution in [0.15, 0.2) is 36.9 Å². The van der Waals surface area contributed by atoms with Gasteiger partial charge in [-0.25, -0.2) is 4.98 Å². The molecule has 0 atom stereocenters. The van der Waals surface area contributed by atoms with Gasteiger partial charge in [0.25, 0.3) is 0 Å². The molecule has 0 aliphatic heterocycles. The van der Waals surface area contributed by atoms with Crippen molar-refractivity contribution in [3.63, 3.8) is 0 Å². The number of carbonyl (C=O) groups is 1. The van der Waals surface area contributed by atoms with Crippen LogP contribution < -0.4 is 5.32 Å². The zero-order chi connectivity index (χ0) is 11.4. The zero-order valence-electron chi connectivity index (χ0n) is 8.92. The Kier molecular flexibility index (Phi) is 2.95. The van der Waals surface area contributed by atoms with E-state index in [1.54, 1.807) is 30.7 Å². The molecule has 2 aromatic rings. The second-order valence-corrected chi connectivity index (χ2v) is 3.42. The number of pyridine rings is 1. The quantitative estimate of drug-likeness (QED) is 0.832. The average molecular weight is 216 g/mol. The van der Waals surface area contributed by atoms with E-state index in [1.807, 2.05) is 17.8 Å². The summed E-state index contributed by atoms with van der Waals surface area (Å²) >= 11 is 0.